The molecule has 3 aromatic rings. The molecule has 0 saturated heterocycles. The van der Waals surface area contributed by atoms with Gasteiger partial charge in [-0.1, -0.05) is 23.7 Å². The first-order valence-electron chi connectivity index (χ1n) is 7.19. The summed E-state index contributed by atoms with van der Waals surface area (Å²) in [5, 5.41) is 2.34. The monoisotopic (exact) mass is 434 g/mol. The highest BCUT2D eigenvalue weighted by Crippen LogP contribution is 2.34. The molecule has 12 heteroatoms. The van der Waals surface area contributed by atoms with Gasteiger partial charge in [-0.2, -0.15) is 13.2 Å². The quantitative estimate of drug-likeness (QED) is 0.667. The molecule has 2 aromatic heterocycles. The van der Waals surface area contributed by atoms with Crippen molar-refractivity contribution in [1.29, 1.82) is 0 Å². The first-order valence-corrected chi connectivity index (χ1v) is 10.1. The number of thiazole rings is 1. The zero-order chi connectivity index (χ0) is 19.8. The summed E-state index contributed by atoms with van der Waals surface area (Å²) >= 11 is 7.40. The van der Waals surface area contributed by atoms with Crippen LogP contribution in [0.1, 0.15) is 5.56 Å². The molecule has 0 amide bonds. The van der Waals surface area contributed by atoms with E-state index in [9.17, 15) is 21.6 Å². The molecule has 2 heterocycles. The van der Waals surface area contributed by atoms with E-state index in [0.717, 1.165) is 0 Å². The third-order valence-electron chi connectivity index (χ3n) is 3.42. The number of anilines is 1. The summed E-state index contributed by atoms with van der Waals surface area (Å²) in [6, 6.07) is 5.51. The van der Waals surface area contributed by atoms with Crippen LogP contribution in [0.5, 0.6) is 0 Å². The minimum atomic E-state index is -5.32. The molecular formula is C15H10ClF3N4O2S2. The molecule has 0 fully saturated rings. The van der Waals surface area contributed by atoms with E-state index in [0.29, 0.717) is 22.0 Å². The van der Waals surface area contributed by atoms with Crippen molar-refractivity contribution in [2.75, 3.05) is 5.73 Å². The number of alkyl halides is 3. The van der Waals surface area contributed by atoms with Gasteiger partial charge in [-0.3, -0.25) is 0 Å². The summed E-state index contributed by atoms with van der Waals surface area (Å²) in [5.74, 6) is -1.09. The van der Waals surface area contributed by atoms with Crippen molar-refractivity contribution in [2.45, 2.75) is 11.3 Å². The second kappa shape index (κ2) is 7.06. The molecule has 0 spiro atoms. The first kappa shape index (κ1) is 19.5. The molecule has 0 radical (unpaired) electrons. The van der Waals surface area contributed by atoms with Crippen molar-refractivity contribution >= 4 is 38.7 Å². The highest BCUT2D eigenvalue weighted by Gasteiger charge is 2.45. The second-order valence-corrected chi connectivity index (χ2v) is 8.60. The van der Waals surface area contributed by atoms with E-state index >= 15 is 0 Å². The molecule has 142 valence electrons. The Hall–Kier alpha value is -2.24. The summed E-state index contributed by atoms with van der Waals surface area (Å²) in [4.78, 5) is 12.2. The molecular weight excluding hydrogens is 425 g/mol. The van der Waals surface area contributed by atoms with Crippen LogP contribution in [-0.2, 0) is 15.6 Å². The maximum atomic E-state index is 12.5. The molecule has 6 nitrogen and oxygen atoms in total. The Morgan fingerprint density at radius 1 is 1.15 bits per heavy atom. The number of halogens is 4. The molecule has 0 saturated carbocycles. The average Bonchev–Trinajstić information content (AvgIpc) is 3.03. The van der Waals surface area contributed by atoms with Crippen LogP contribution >= 0.6 is 22.9 Å². The van der Waals surface area contributed by atoms with Crippen LogP contribution in [0, 0.1) is 0 Å². The molecule has 3 rings (SSSR count). The molecule has 0 unspecified atom stereocenters. The van der Waals surface area contributed by atoms with Crippen LogP contribution in [0.15, 0.2) is 35.8 Å². The van der Waals surface area contributed by atoms with Gasteiger partial charge in [0.1, 0.15) is 10.7 Å². The van der Waals surface area contributed by atoms with E-state index in [2.05, 4.69) is 15.0 Å². The molecule has 2 N–H and O–H groups in total. The standard InChI is InChI=1S/C15H10ClF3N4O2S2/c16-10-5-8(7-27(24,25)15(17,18)19)1-2-9(10)12-6-26-13(22-12)11-3-4-21-14(20)23-11/h1-6H,7H2,(H2,20,21,23). The Balaban J connectivity index is 1.89. The summed E-state index contributed by atoms with van der Waals surface area (Å²) in [7, 11) is -5.28. The SMILES string of the molecule is Nc1nccc(-c2nc(-c3ccc(CS(=O)(=O)C(F)(F)F)cc3Cl)cs2)n1. The summed E-state index contributed by atoms with van der Waals surface area (Å²) < 4.78 is 60.1. The van der Waals surface area contributed by atoms with Crippen molar-refractivity contribution in [3.8, 4) is 22.0 Å². The lowest BCUT2D eigenvalue weighted by Gasteiger charge is -2.09. The topological polar surface area (TPSA) is 98.8 Å². The molecule has 0 aliphatic rings. The molecule has 27 heavy (non-hydrogen) atoms. The van der Waals surface area contributed by atoms with Gasteiger partial charge in [0.25, 0.3) is 9.84 Å². The van der Waals surface area contributed by atoms with Crippen LogP contribution in [0.2, 0.25) is 5.02 Å². The Bertz CT molecular complexity index is 1100. The molecule has 0 atom stereocenters. The molecule has 0 aliphatic carbocycles. The van der Waals surface area contributed by atoms with Gasteiger partial charge >= 0.3 is 5.51 Å². The molecule has 1 aromatic carbocycles. The van der Waals surface area contributed by atoms with E-state index in [-0.39, 0.29) is 16.5 Å². The fraction of sp³-hybridized carbons (Fsp3) is 0.133. The minimum absolute atomic E-state index is 0.0693. The Kier molecular flexibility index (Phi) is 5.10. The smallest absolute Gasteiger partial charge is 0.368 e. The lowest BCUT2D eigenvalue weighted by atomic mass is 10.1. The highest BCUT2D eigenvalue weighted by molar-refractivity contribution is 7.91. The van der Waals surface area contributed by atoms with Gasteiger partial charge in [0.2, 0.25) is 5.95 Å². The number of benzene rings is 1. The average molecular weight is 435 g/mol. The summed E-state index contributed by atoms with van der Waals surface area (Å²) in [5.41, 5.74) is 1.60. The van der Waals surface area contributed by atoms with E-state index in [1.54, 1.807) is 11.4 Å². The lowest BCUT2D eigenvalue weighted by molar-refractivity contribution is -0.0437. The third-order valence-corrected chi connectivity index (χ3v) is 6.01. The zero-order valence-corrected chi connectivity index (χ0v) is 15.6. The number of nitrogens with zero attached hydrogens (tertiary/aromatic N) is 3. The number of hydrogen-bond donors (Lipinski definition) is 1. The van der Waals surface area contributed by atoms with E-state index in [1.165, 1.54) is 35.7 Å². The van der Waals surface area contributed by atoms with E-state index < -0.39 is 21.1 Å². The fourth-order valence-corrected chi connectivity index (χ4v) is 4.04. The predicted octanol–water partition coefficient (Wildman–Crippen LogP) is 3.94. The first-order chi connectivity index (χ1) is 12.6. The van der Waals surface area contributed by atoms with Crippen LogP contribution in [0.25, 0.3) is 22.0 Å². The normalized spacial score (nSPS) is 12.3. The van der Waals surface area contributed by atoms with E-state index in [1.807, 2.05) is 0 Å². The van der Waals surface area contributed by atoms with E-state index in [4.69, 9.17) is 17.3 Å². The summed E-state index contributed by atoms with van der Waals surface area (Å²) in [6.07, 6.45) is 1.49. The summed E-state index contributed by atoms with van der Waals surface area (Å²) in [6.45, 7) is 0. The molecule has 0 aliphatic heterocycles. The Morgan fingerprint density at radius 3 is 2.52 bits per heavy atom. The largest absolute Gasteiger partial charge is 0.497 e. The van der Waals surface area contributed by atoms with Crippen LogP contribution in [0.3, 0.4) is 0 Å². The van der Waals surface area contributed by atoms with Gasteiger partial charge in [0, 0.05) is 17.1 Å². The number of sulfone groups is 1. The van der Waals surface area contributed by atoms with Gasteiger partial charge in [0.15, 0.2) is 0 Å². The van der Waals surface area contributed by atoms with Gasteiger partial charge in [0.05, 0.1) is 16.5 Å². The maximum Gasteiger partial charge on any atom is 0.497 e. The Morgan fingerprint density at radius 2 is 1.89 bits per heavy atom. The van der Waals surface area contributed by atoms with Crippen molar-refractivity contribution in [1.82, 2.24) is 15.0 Å². The zero-order valence-electron chi connectivity index (χ0n) is 13.2. The van der Waals surface area contributed by atoms with Crippen molar-refractivity contribution < 1.29 is 21.6 Å². The van der Waals surface area contributed by atoms with Crippen molar-refractivity contribution in [3.05, 3.63) is 46.4 Å². The third kappa shape index (κ3) is 4.20. The van der Waals surface area contributed by atoms with Crippen LogP contribution < -0.4 is 5.73 Å². The van der Waals surface area contributed by atoms with Gasteiger partial charge in [-0.05, 0) is 17.7 Å². The second-order valence-electron chi connectivity index (χ2n) is 5.36. The lowest BCUT2D eigenvalue weighted by Crippen LogP contribution is -2.24. The van der Waals surface area contributed by atoms with Gasteiger partial charge < -0.3 is 5.73 Å². The van der Waals surface area contributed by atoms with Crippen LogP contribution in [-0.4, -0.2) is 28.9 Å². The Labute approximate surface area is 160 Å². The molecule has 0 bridgehead atoms. The predicted molar refractivity (Wildman–Crippen MR) is 96.7 cm³/mol. The number of rotatable bonds is 4. The van der Waals surface area contributed by atoms with Crippen LogP contribution in [0.4, 0.5) is 19.1 Å². The van der Waals surface area contributed by atoms with Gasteiger partial charge in [-0.15, -0.1) is 11.3 Å². The fourth-order valence-electron chi connectivity index (χ4n) is 2.17. The van der Waals surface area contributed by atoms with Gasteiger partial charge in [-0.25, -0.2) is 23.4 Å². The maximum absolute atomic E-state index is 12.5. The number of hydrogen-bond acceptors (Lipinski definition) is 7. The number of nitrogens with two attached hydrogens (primary N) is 1. The highest BCUT2D eigenvalue weighted by atomic mass is 35.5. The number of aromatic nitrogens is 3. The van der Waals surface area contributed by atoms with Crippen molar-refractivity contribution in [2.24, 2.45) is 0 Å². The van der Waals surface area contributed by atoms with Crippen molar-refractivity contribution in [3.63, 3.8) is 0 Å². The minimum Gasteiger partial charge on any atom is -0.368 e. The number of nitrogen functional groups attached to an aromatic ring is 1.